The van der Waals surface area contributed by atoms with Gasteiger partial charge in [-0.25, -0.2) is 18.1 Å². The van der Waals surface area contributed by atoms with Crippen LogP contribution in [0, 0.1) is 11.6 Å². The van der Waals surface area contributed by atoms with Gasteiger partial charge in [-0.05, 0) is 103 Å². The van der Waals surface area contributed by atoms with Crippen molar-refractivity contribution in [2.75, 3.05) is 70.7 Å². The Kier molecular flexibility index (Phi) is 17.0. The summed E-state index contributed by atoms with van der Waals surface area (Å²) in [7, 11) is -1.34. The zero-order chi connectivity index (χ0) is 60.1. The molecular weight excluding hydrogens is 1120 g/mol. The van der Waals surface area contributed by atoms with Crippen LogP contribution in [0.4, 0.5) is 20.4 Å². The second-order valence-electron chi connectivity index (χ2n) is 21.8. The lowest BCUT2D eigenvalue weighted by atomic mass is 10.1. The van der Waals surface area contributed by atoms with Crippen LogP contribution in [0.2, 0.25) is 25.7 Å². The first kappa shape index (κ1) is 58.0. The molecule has 6 heterocycles. The molecule has 4 aromatic heterocycles. The van der Waals surface area contributed by atoms with Crippen molar-refractivity contribution in [3.05, 3.63) is 203 Å². The molecule has 2 aliphatic rings. The number of nitrogens with two attached hydrogens (primary N) is 2. The van der Waals surface area contributed by atoms with Gasteiger partial charge in [-0.3, -0.25) is 19.2 Å². The van der Waals surface area contributed by atoms with Gasteiger partial charge in [0.1, 0.15) is 52.7 Å². The fourth-order valence-corrected chi connectivity index (χ4v) is 10.7. The fraction of sp³-hybridized carbons (Fsp3) is 0.219. The van der Waals surface area contributed by atoms with Gasteiger partial charge in [-0.15, -0.1) is 0 Å². The van der Waals surface area contributed by atoms with Crippen molar-refractivity contribution in [2.45, 2.75) is 32.4 Å². The molecule has 2 fully saturated rings. The van der Waals surface area contributed by atoms with Gasteiger partial charge >= 0.3 is 0 Å². The maximum atomic E-state index is 15.3. The van der Waals surface area contributed by atoms with Crippen molar-refractivity contribution in [2.24, 2.45) is 0 Å². The van der Waals surface area contributed by atoms with Gasteiger partial charge in [0, 0.05) is 80.4 Å². The third kappa shape index (κ3) is 12.8. The smallest absolute Gasteiger partial charge is 0.254 e. The molecule has 0 bridgehead atoms. The molecule has 2 saturated heterocycles. The number of rotatable bonds is 17. The Morgan fingerprint density at radius 2 is 1.08 bits per heavy atom. The number of carbonyl (C=O) groups is 4. The lowest BCUT2D eigenvalue weighted by molar-refractivity contribution is 0.0301. The first-order chi connectivity index (χ1) is 41.6. The number of morpholine rings is 2. The number of anilines is 2. The molecule has 0 saturated carbocycles. The summed E-state index contributed by atoms with van der Waals surface area (Å²) < 4.78 is 62.7. The Labute approximate surface area is 494 Å². The number of nitrogens with one attached hydrogen (secondary N) is 1. The summed E-state index contributed by atoms with van der Waals surface area (Å²) in [5.41, 5.74) is 16.2. The minimum atomic E-state index is -1.34. The number of amides is 2. The molecule has 440 valence electrons. The topological polar surface area (TPSA) is 229 Å². The van der Waals surface area contributed by atoms with E-state index < -0.39 is 31.3 Å². The van der Waals surface area contributed by atoms with E-state index in [1.807, 2.05) is 42.5 Å². The quantitative estimate of drug-likeness (QED) is 0.0438. The van der Waals surface area contributed by atoms with Gasteiger partial charge in [0.15, 0.2) is 11.6 Å². The number of aromatic amines is 1. The van der Waals surface area contributed by atoms with E-state index >= 15 is 8.78 Å². The highest BCUT2D eigenvalue weighted by molar-refractivity contribution is 6.76. The average Bonchev–Trinajstić information content (AvgIpc) is 3.85. The number of ketones is 2. The highest BCUT2D eigenvalue weighted by atomic mass is 28.3. The van der Waals surface area contributed by atoms with E-state index in [1.54, 1.807) is 93.2 Å². The standard InChI is InChI=1S/C35H38FN5O5Si.C29H24FN5O4/c1-47(2,3)18-17-45-23-40-30-11-9-24(35(43)39-13-15-44-16-14-39)19-25(30)20-32(40)33(42)28-22-38-41(34(28)37)31-12-10-27(21-29(31)36)46-26-7-5-4-6-8-26;30-23-16-21(39-20-4-2-1-3-5-20)7-9-26(23)35-28(31)22(17-32-35)27(36)25-15-19-14-18(6-8-24(19)33-25)29(37)34-10-12-38-13-11-34/h4-12,19-22H,13-18,23,37H2,1-3H3;1-9,14-17,33H,10-13,31H2. The number of hydrogen-bond donors (Lipinski definition) is 3. The average molecular weight is 1180 g/mol. The monoisotopic (exact) mass is 1180 g/mol. The second kappa shape index (κ2) is 25.2. The second-order valence-corrected chi connectivity index (χ2v) is 27.4. The summed E-state index contributed by atoms with van der Waals surface area (Å²) in [4.78, 5) is 60.1. The van der Waals surface area contributed by atoms with Crippen LogP contribution < -0.4 is 20.9 Å². The number of hydrogen-bond acceptors (Lipinski definition) is 13. The molecule has 22 heteroatoms. The van der Waals surface area contributed by atoms with Crippen LogP contribution >= 0.6 is 0 Å². The molecule has 6 aromatic carbocycles. The number of para-hydroxylation sites is 2. The summed E-state index contributed by atoms with van der Waals surface area (Å²) in [5, 5.41) is 9.87. The van der Waals surface area contributed by atoms with Crippen molar-refractivity contribution in [1.82, 2.24) is 38.9 Å². The Morgan fingerprint density at radius 3 is 1.59 bits per heavy atom. The van der Waals surface area contributed by atoms with E-state index in [0.29, 0.717) is 115 Å². The molecule has 5 N–H and O–H groups in total. The molecule has 0 atom stereocenters. The predicted molar refractivity (Wildman–Crippen MR) is 324 cm³/mol. The molecule has 0 spiro atoms. The molecular formula is C64H62F2N10O9Si. The molecule has 0 radical (unpaired) electrons. The first-order valence-corrected chi connectivity index (χ1v) is 31.7. The van der Waals surface area contributed by atoms with Crippen LogP contribution in [0.15, 0.2) is 158 Å². The van der Waals surface area contributed by atoms with Gasteiger partial charge in [0.2, 0.25) is 11.6 Å². The summed E-state index contributed by atoms with van der Waals surface area (Å²) >= 11 is 0. The Hall–Kier alpha value is -9.74. The number of halogens is 2. The summed E-state index contributed by atoms with van der Waals surface area (Å²) in [6.07, 6.45) is 2.65. The van der Waals surface area contributed by atoms with Gasteiger partial charge in [0.05, 0.1) is 66.9 Å². The SMILES string of the molecule is C[Si](C)(C)CCOCn1c(C(=O)c2cnn(-c3ccc(Oc4ccccc4)cc3F)c2N)cc2cc(C(=O)N3CCOCC3)ccc21.Nc1c(C(=O)c2cc3cc(C(=O)N4CCOCC4)ccc3[nH]2)cnn1-c1ccc(Oc2ccccc2)cc1F. The summed E-state index contributed by atoms with van der Waals surface area (Å²) in [6.45, 7) is 11.7. The third-order valence-electron chi connectivity index (χ3n) is 14.7. The third-order valence-corrected chi connectivity index (χ3v) is 16.4. The summed E-state index contributed by atoms with van der Waals surface area (Å²) in [5.74, 6) is -0.437. The molecule has 2 aliphatic heterocycles. The van der Waals surface area contributed by atoms with E-state index in [4.69, 9.17) is 35.2 Å². The molecule has 19 nitrogen and oxygen atoms in total. The zero-order valence-electron chi connectivity index (χ0n) is 47.5. The zero-order valence-corrected chi connectivity index (χ0v) is 48.5. The number of benzene rings is 6. The molecule has 0 unspecified atom stereocenters. The van der Waals surface area contributed by atoms with Crippen molar-refractivity contribution in [3.8, 4) is 34.4 Å². The van der Waals surface area contributed by atoms with E-state index in [-0.39, 0.29) is 58.4 Å². The minimum absolute atomic E-state index is 0.00234. The highest BCUT2D eigenvalue weighted by Gasteiger charge is 2.27. The Bertz CT molecular complexity index is 4130. The number of fused-ring (bicyclic) bond motifs is 2. The van der Waals surface area contributed by atoms with E-state index in [9.17, 15) is 19.2 Å². The number of carbonyl (C=O) groups excluding carboxylic acids is 4. The van der Waals surface area contributed by atoms with Crippen LogP contribution in [0.1, 0.15) is 52.8 Å². The summed E-state index contributed by atoms with van der Waals surface area (Å²) in [6, 6.07) is 41.8. The van der Waals surface area contributed by atoms with Crippen molar-refractivity contribution < 1.29 is 51.6 Å². The van der Waals surface area contributed by atoms with E-state index in [0.717, 1.165) is 11.6 Å². The number of nitrogens with zero attached hydrogens (tertiary/aromatic N) is 7. The lowest BCUT2D eigenvalue weighted by Gasteiger charge is -2.26. The van der Waals surface area contributed by atoms with Gasteiger partial charge in [-0.2, -0.15) is 10.2 Å². The molecule has 10 aromatic rings. The largest absolute Gasteiger partial charge is 0.457 e. The van der Waals surface area contributed by atoms with Gasteiger partial charge < -0.3 is 54.5 Å². The maximum Gasteiger partial charge on any atom is 0.254 e. The maximum absolute atomic E-state index is 15.3. The minimum Gasteiger partial charge on any atom is -0.457 e. The molecule has 86 heavy (non-hydrogen) atoms. The van der Waals surface area contributed by atoms with E-state index in [1.165, 1.54) is 46.0 Å². The van der Waals surface area contributed by atoms with Crippen molar-refractivity contribution in [1.29, 1.82) is 0 Å². The van der Waals surface area contributed by atoms with Crippen molar-refractivity contribution >= 4 is 64.9 Å². The fourth-order valence-electron chi connectivity index (χ4n) is 9.98. The molecule has 2 amide bonds. The van der Waals surface area contributed by atoms with E-state index in [2.05, 4.69) is 34.8 Å². The Balaban J connectivity index is 0.000000182. The Morgan fingerprint density at radius 1 is 0.581 bits per heavy atom. The van der Waals surface area contributed by atoms with Crippen molar-refractivity contribution in [3.63, 3.8) is 0 Å². The highest BCUT2D eigenvalue weighted by Crippen LogP contribution is 2.32. The van der Waals surface area contributed by atoms with Crippen LogP contribution in [0.3, 0.4) is 0 Å². The number of H-pyrrole nitrogens is 1. The number of nitrogen functional groups attached to an aromatic ring is 2. The first-order valence-electron chi connectivity index (χ1n) is 28.0. The van der Waals surface area contributed by atoms with Crippen LogP contribution in [-0.4, -0.2) is 130 Å². The van der Waals surface area contributed by atoms with Crippen LogP contribution in [-0.2, 0) is 20.9 Å². The van der Waals surface area contributed by atoms with Gasteiger partial charge in [0.25, 0.3) is 11.8 Å². The van der Waals surface area contributed by atoms with Crippen LogP contribution in [0.5, 0.6) is 23.0 Å². The number of ether oxygens (including phenoxy) is 5. The molecule has 12 rings (SSSR count). The number of aromatic nitrogens is 6. The lowest BCUT2D eigenvalue weighted by Crippen LogP contribution is -2.40. The normalized spacial score (nSPS) is 13.6. The van der Waals surface area contributed by atoms with Crippen LogP contribution in [0.25, 0.3) is 33.2 Å². The predicted octanol–water partition coefficient (Wildman–Crippen LogP) is 10.9. The molecule has 0 aliphatic carbocycles. The van der Waals surface area contributed by atoms with Gasteiger partial charge in [-0.1, -0.05) is 56.0 Å².